The molecule has 0 aliphatic rings. The molecule has 8 heavy (non-hydrogen) atoms. The molecule has 0 unspecified atom stereocenters. The van der Waals surface area contributed by atoms with Crippen molar-refractivity contribution in [1.82, 2.24) is 6.15 Å². The van der Waals surface area contributed by atoms with E-state index in [0.29, 0.717) is 0 Å². The van der Waals surface area contributed by atoms with Gasteiger partial charge in [0, 0.05) is 6.47 Å². The third-order valence-electron chi connectivity index (χ3n) is 0. The van der Waals surface area contributed by atoms with Gasteiger partial charge in [-0.3, -0.25) is 0 Å². The summed E-state index contributed by atoms with van der Waals surface area (Å²) < 4.78 is 0. The second-order valence-electron chi connectivity index (χ2n) is 0.499. The molecule has 0 rings (SSSR count). The predicted octanol–water partition coefficient (Wildman–Crippen LogP) is -2.23. The molecular weight excluding hydrogens is 114 g/mol. The molecule has 0 atom stereocenters. The molecule has 0 spiro atoms. The van der Waals surface area contributed by atoms with Crippen LogP contribution in [0.3, 0.4) is 0 Å². The molecule has 0 fully saturated rings. The van der Waals surface area contributed by atoms with Crippen LogP contribution in [0.25, 0.3) is 0 Å². The molecule has 0 aromatic carbocycles. The van der Waals surface area contributed by atoms with E-state index in [0.717, 1.165) is 0 Å². The summed E-state index contributed by atoms with van der Waals surface area (Å²) in [7, 11) is 0. The Kier molecular flexibility index (Phi) is 34.3. The zero-order chi connectivity index (χ0) is 6.28. The van der Waals surface area contributed by atoms with E-state index < -0.39 is 12.5 Å². The van der Waals surface area contributed by atoms with Gasteiger partial charge in [-0.25, -0.2) is 4.79 Å². The maximum Gasteiger partial charge on any atom is 0.309 e. The summed E-state index contributed by atoms with van der Waals surface area (Å²) in [5.74, 6) is 0. The Labute approximate surface area is 46.0 Å². The van der Waals surface area contributed by atoms with Gasteiger partial charge in [0.05, 0.1) is 0 Å². The van der Waals surface area contributed by atoms with Gasteiger partial charge in [-0.05, 0) is 0 Å². The van der Waals surface area contributed by atoms with Gasteiger partial charge in [0.25, 0.3) is 0 Å². The van der Waals surface area contributed by atoms with Crippen LogP contribution in [0.2, 0.25) is 0 Å². The molecule has 0 saturated heterocycles. The van der Waals surface area contributed by atoms with E-state index in [2.05, 4.69) is 11.5 Å². The number of primary amides is 2. The zero-order valence-electron chi connectivity index (χ0n) is 4.46. The highest BCUT2D eigenvalue weighted by Crippen LogP contribution is 1.25. The molecule has 6 heteroatoms. The minimum absolute atomic E-state index is 0. The van der Waals surface area contributed by atoms with Gasteiger partial charge >= 0.3 is 6.03 Å². The molecule has 0 radical (unpaired) electrons. The van der Waals surface area contributed by atoms with Crippen LogP contribution in [0, 0.1) is 0 Å². The standard InChI is InChI=1S/CH4N2O.CH2O2.H3N/c2-1(3)4;2-1-3;/h(H4,2,3,4);1H,(H,2,3);1H3. The van der Waals surface area contributed by atoms with E-state index in [1.165, 1.54) is 0 Å². The molecule has 0 aliphatic heterocycles. The fourth-order valence-electron chi connectivity index (χ4n) is 0. The van der Waals surface area contributed by atoms with Gasteiger partial charge in [0.1, 0.15) is 0 Å². The highest BCUT2D eigenvalue weighted by molar-refractivity contribution is 5.69. The lowest BCUT2D eigenvalue weighted by Gasteiger charge is -1.62. The number of hydrogen-bond acceptors (Lipinski definition) is 3. The van der Waals surface area contributed by atoms with Crippen LogP contribution >= 0.6 is 0 Å². The number of carbonyl (C=O) groups excluding carboxylic acids is 2. The van der Waals surface area contributed by atoms with Gasteiger partial charge in [0.2, 0.25) is 0 Å². The lowest BCUT2D eigenvalue weighted by atomic mass is 11.2. The summed E-state index contributed by atoms with van der Waals surface area (Å²) >= 11 is 0. The lowest BCUT2D eigenvalue weighted by Crippen LogP contribution is -2.18. The number of amides is 2. The van der Waals surface area contributed by atoms with Gasteiger partial charge in [0.15, 0.2) is 0 Å². The maximum absolute atomic E-state index is 9.00. The molecule has 0 saturated carbocycles. The highest BCUT2D eigenvalue weighted by Gasteiger charge is 1.60. The second kappa shape index (κ2) is 17.3. The second-order valence-corrected chi connectivity index (χ2v) is 0.499. The van der Waals surface area contributed by atoms with E-state index in [9.17, 15) is 0 Å². The van der Waals surface area contributed by atoms with Crippen molar-refractivity contribution in [3.05, 3.63) is 0 Å². The minimum atomic E-state index is -0.833. The van der Waals surface area contributed by atoms with E-state index in [4.69, 9.17) is 14.7 Å². The molecule has 0 aliphatic carbocycles. The van der Waals surface area contributed by atoms with E-state index >= 15 is 0 Å². The fraction of sp³-hybridized carbons (Fsp3) is 0. The van der Waals surface area contributed by atoms with Crippen molar-refractivity contribution in [2.45, 2.75) is 0 Å². The van der Waals surface area contributed by atoms with E-state index in [1.54, 1.807) is 0 Å². The number of urea groups is 1. The molecular formula is C2H9N3O3. The topological polar surface area (TPSA) is 146 Å². The molecule has 2 amide bonds. The van der Waals surface area contributed by atoms with Gasteiger partial charge in [-0.1, -0.05) is 0 Å². The Morgan fingerprint density at radius 2 is 1.50 bits per heavy atom. The molecule has 8 N–H and O–H groups in total. The van der Waals surface area contributed by atoms with Crippen LogP contribution < -0.4 is 22.7 Å². The first-order valence-corrected chi connectivity index (χ1v) is 1.25. The fourth-order valence-corrected chi connectivity index (χ4v) is 0. The van der Waals surface area contributed by atoms with Crippen LogP contribution in [0.5, 0.6) is 0 Å². The van der Waals surface area contributed by atoms with Crippen molar-refractivity contribution in [3.8, 4) is 0 Å². The lowest BCUT2D eigenvalue weighted by molar-refractivity contribution is -0.283. The Hall–Kier alpha value is -1.30. The largest absolute Gasteiger partial charge is 0.554 e. The van der Waals surface area contributed by atoms with Crippen molar-refractivity contribution in [3.63, 3.8) is 0 Å². The number of carboxylic acid groups (broad SMARTS) is 1. The average Bonchev–Trinajstić information content (AvgIpc) is 1.33. The summed E-state index contributed by atoms with van der Waals surface area (Å²) in [6, 6.07) is -0.833. The number of hydrogen-bond donors (Lipinski definition) is 3. The van der Waals surface area contributed by atoms with Crippen molar-refractivity contribution in [2.24, 2.45) is 11.5 Å². The minimum Gasteiger partial charge on any atom is -0.554 e. The summed E-state index contributed by atoms with van der Waals surface area (Å²) in [6.07, 6.45) is 0. The van der Waals surface area contributed by atoms with Crippen molar-refractivity contribution in [1.29, 1.82) is 0 Å². The van der Waals surface area contributed by atoms with Gasteiger partial charge in [-0.2, -0.15) is 0 Å². The first-order chi connectivity index (χ1) is 3.15. The maximum atomic E-state index is 9.00. The number of nitrogens with two attached hydrogens (primary N) is 2. The molecule has 0 heterocycles. The van der Waals surface area contributed by atoms with Crippen molar-refractivity contribution in [2.75, 3.05) is 0 Å². The normalized spacial score (nSPS) is 4.50. The first kappa shape index (κ1) is 15.9. The Morgan fingerprint density at radius 3 is 1.50 bits per heavy atom. The van der Waals surface area contributed by atoms with Crippen LogP contribution in [-0.2, 0) is 4.79 Å². The third-order valence-corrected chi connectivity index (χ3v) is 0. The van der Waals surface area contributed by atoms with Crippen LogP contribution in [0.4, 0.5) is 4.79 Å². The molecule has 6 nitrogen and oxygen atoms in total. The number of quaternary nitrogens is 1. The quantitative estimate of drug-likeness (QED) is 0.313. The van der Waals surface area contributed by atoms with E-state index in [1.807, 2.05) is 0 Å². The molecule has 0 aromatic heterocycles. The molecule has 0 bridgehead atoms. The number of rotatable bonds is 0. The Morgan fingerprint density at radius 1 is 1.50 bits per heavy atom. The van der Waals surface area contributed by atoms with E-state index in [-0.39, 0.29) is 6.15 Å². The van der Waals surface area contributed by atoms with Gasteiger partial charge in [-0.15, -0.1) is 0 Å². The predicted molar refractivity (Wildman–Crippen MR) is 25.8 cm³/mol. The number of carbonyl (C=O) groups is 2. The van der Waals surface area contributed by atoms with Crippen molar-refractivity contribution < 1.29 is 14.7 Å². The first-order valence-electron chi connectivity index (χ1n) is 1.25. The Bertz CT molecular complexity index is 59.5. The third kappa shape index (κ3) is 38.1. The van der Waals surface area contributed by atoms with Crippen LogP contribution in [0.1, 0.15) is 0 Å². The summed E-state index contributed by atoms with van der Waals surface area (Å²) in [4.78, 5) is 17.2. The SMILES string of the molecule is NC(N)=O.O=C[O-].[NH4+]. The van der Waals surface area contributed by atoms with Crippen LogP contribution in [-0.4, -0.2) is 12.5 Å². The van der Waals surface area contributed by atoms with Crippen LogP contribution in [0.15, 0.2) is 0 Å². The summed E-state index contributed by atoms with van der Waals surface area (Å²) in [5.41, 5.74) is 8.50. The zero-order valence-corrected chi connectivity index (χ0v) is 4.46. The van der Waals surface area contributed by atoms with Gasteiger partial charge < -0.3 is 27.5 Å². The summed E-state index contributed by atoms with van der Waals surface area (Å²) in [5, 5.41) is 8.25. The average molecular weight is 123 g/mol. The van der Waals surface area contributed by atoms with Crippen molar-refractivity contribution >= 4 is 12.5 Å². The Balaban J connectivity index is -0.0000000575. The monoisotopic (exact) mass is 123 g/mol. The highest BCUT2D eigenvalue weighted by atomic mass is 16.3. The molecule has 0 aromatic rings. The summed E-state index contributed by atoms with van der Waals surface area (Å²) in [6.45, 7) is -0.500. The molecule has 50 valence electrons. The smallest absolute Gasteiger partial charge is 0.309 e.